The van der Waals surface area contributed by atoms with E-state index < -0.39 is 37.3 Å². The lowest BCUT2D eigenvalue weighted by atomic mass is 10.2. The Morgan fingerprint density at radius 3 is 2.05 bits per heavy atom. The van der Waals surface area contributed by atoms with Gasteiger partial charge in [0.05, 0.1) is 9.83 Å². The van der Waals surface area contributed by atoms with Crippen molar-refractivity contribution in [2.24, 2.45) is 0 Å². The van der Waals surface area contributed by atoms with E-state index in [9.17, 15) is 15.0 Å². The van der Waals surface area contributed by atoms with Crippen LogP contribution < -0.4 is 0 Å². The molecule has 0 amide bonds. The van der Waals surface area contributed by atoms with Gasteiger partial charge in [-0.25, -0.2) is 5.21 Å². The molecule has 0 aliphatic carbocycles. The summed E-state index contributed by atoms with van der Waals surface area (Å²) in [4.78, 5) is 22.1. The molecule has 20 heavy (non-hydrogen) atoms. The molecule has 0 radical (unpaired) electrons. The van der Waals surface area contributed by atoms with Crippen molar-refractivity contribution in [2.45, 2.75) is 0 Å². The van der Waals surface area contributed by atoms with Gasteiger partial charge in [0, 0.05) is 6.07 Å². The highest BCUT2D eigenvalue weighted by atomic mass is 35.5. The van der Waals surface area contributed by atoms with Crippen LogP contribution in [0.1, 0.15) is 0 Å². The second kappa shape index (κ2) is 6.68. The molecule has 0 atom stereocenters. The van der Waals surface area contributed by atoms with Crippen molar-refractivity contribution < 1.29 is 32.6 Å². The number of hydrogen-bond acceptors (Lipinski definition) is 6. The fourth-order valence-corrected chi connectivity index (χ4v) is 1.17. The number of rotatable bonds is 2. The predicted molar refractivity (Wildman–Crippen MR) is 62.1 cm³/mol. The zero-order valence-electron chi connectivity index (χ0n) is 9.11. The van der Waals surface area contributed by atoms with Gasteiger partial charge >= 0.3 is 27.5 Å². The van der Waals surface area contributed by atoms with E-state index in [0.29, 0.717) is 0 Å². The number of nitro groups is 1. The van der Waals surface area contributed by atoms with Crippen LogP contribution in [0.3, 0.4) is 0 Å². The lowest BCUT2D eigenvalue weighted by Crippen LogP contribution is -1.95. The zero-order valence-corrected chi connectivity index (χ0v) is 10.7. The first-order valence-electron chi connectivity index (χ1n) is 4.16. The lowest BCUT2D eigenvalue weighted by molar-refractivity contribution is -0.729. The number of diazo groups is 1. The normalized spacial score (nSPS) is 9.90. The van der Waals surface area contributed by atoms with Crippen LogP contribution in [0.15, 0.2) is 12.1 Å². The molecule has 0 spiro atoms. The predicted octanol–water partition coefficient (Wildman–Crippen LogP) is 1.88. The molecular weight excluding hydrogens is 324 g/mol. The van der Waals surface area contributed by atoms with Gasteiger partial charge in [0.2, 0.25) is 5.39 Å². The van der Waals surface area contributed by atoms with Gasteiger partial charge in [-0.15, -0.1) is 0 Å². The Bertz CT molecular complexity index is 688. The third-order valence-electron chi connectivity index (χ3n) is 1.55. The highest BCUT2D eigenvalue weighted by Gasteiger charge is 2.34. The maximum Gasteiger partial charge on any atom is 0.479 e. The van der Waals surface area contributed by atoms with Crippen molar-refractivity contribution in [3.05, 3.63) is 37.2 Å². The SMILES string of the molecule is N#[N+]c1c(Cl)cc([N+](=O)O)cc1[N+](=O)[O-].O=S(=O)(O)O. The largest absolute Gasteiger partial charge is 0.479 e. The molecule has 0 aliphatic heterocycles. The van der Waals surface area contributed by atoms with Crippen molar-refractivity contribution in [3.8, 4) is 0 Å². The Balaban J connectivity index is 0.000000621. The third-order valence-corrected chi connectivity index (χ3v) is 1.83. The quantitative estimate of drug-likeness (QED) is 0.315. The standard InChI is InChI=1S/C6H3ClN4O4.H2O4S/c7-4-1-3(10(12)13)2-5(11(14)15)6(4)9-8;1-5(2,3)4/h1-2H,(H,12,13);(H2,1,2,3,4)/q+2;. The summed E-state index contributed by atoms with van der Waals surface area (Å²) in [5.74, 6) is 0. The van der Waals surface area contributed by atoms with E-state index in [2.05, 4.69) is 4.98 Å². The minimum absolute atomic E-state index is 0.323. The molecule has 14 heteroatoms. The summed E-state index contributed by atoms with van der Waals surface area (Å²) in [5.41, 5.74) is -1.60. The van der Waals surface area contributed by atoms with E-state index in [4.69, 9.17) is 39.7 Å². The molecule has 0 saturated carbocycles. The summed E-state index contributed by atoms with van der Waals surface area (Å²) >= 11 is 5.49. The Labute approximate surface area is 115 Å². The van der Waals surface area contributed by atoms with E-state index in [1.54, 1.807) is 0 Å². The van der Waals surface area contributed by atoms with Crippen molar-refractivity contribution in [3.63, 3.8) is 0 Å². The molecule has 0 bridgehead atoms. The van der Waals surface area contributed by atoms with Gasteiger partial charge in [-0.2, -0.15) is 8.42 Å². The van der Waals surface area contributed by atoms with Crippen molar-refractivity contribution in [1.29, 1.82) is 5.39 Å². The molecule has 0 fully saturated rings. The summed E-state index contributed by atoms with van der Waals surface area (Å²) in [5, 5.41) is 27.1. The molecule has 0 heterocycles. The molecule has 0 aliphatic rings. The molecule has 108 valence electrons. The maximum absolute atomic E-state index is 10.5. The van der Waals surface area contributed by atoms with Crippen molar-refractivity contribution in [2.75, 3.05) is 0 Å². The van der Waals surface area contributed by atoms with Gasteiger partial charge in [-0.1, -0.05) is 11.6 Å². The number of nitro benzene ring substituents is 1. The summed E-state index contributed by atoms with van der Waals surface area (Å²) in [7, 11) is -4.67. The third kappa shape index (κ3) is 5.97. The van der Waals surface area contributed by atoms with Gasteiger partial charge in [0.1, 0.15) is 6.07 Å². The first kappa shape index (κ1) is 17.6. The fourth-order valence-electron chi connectivity index (χ4n) is 0.919. The maximum atomic E-state index is 10.5. The van der Waals surface area contributed by atoms with Crippen LogP contribution in [0, 0.1) is 20.4 Å². The molecule has 0 aromatic heterocycles. The molecule has 1 rings (SSSR count). The second-order valence-electron chi connectivity index (χ2n) is 2.87. The summed E-state index contributed by atoms with van der Waals surface area (Å²) in [6.45, 7) is 0. The molecule has 3 N–H and O–H groups in total. The van der Waals surface area contributed by atoms with Crippen LogP contribution in [0.5, 0.6) is 0 Å². The van der Waals surface area contributed by atoms with E-state index in [-0.39, 0.29) is 5.02 Å². The summed E-state index contributed by atoms with van der Waals surface area (Å²) < 4.78 is 31.6. The fraction of sp³-hybridized carbons (Fsp3) is 0. The molecule has 0 saturated heterocycles. The van der Waals surface area contributed by atoms with Gasteiger partial charge in [0.25, 0.3) is 4.92 Å². The average molecular weight is 329 g/mol. The Kier molecular flexibility index (Phi) is 5.87. The smallest absolute Gasteiger partial charge is 0.264 e. The van der Waals surface area contributed by atoms with Crippen LogP contribution >= 0.6 is 11.6 Å². The van der Waals surface area contributed by atoms with E-state index >= 15 is 0 Å². The Hall–Kier alpha value is -2.40. The summed E-state index contributed by atoms with van der Waals surface area (Å²) in [6.07, 6.45) is 0. The van der Waals surface area contributed by atoms with Gasteiger partial charge in [0.15, 0.2) is 10.00 Å². The van der Waals surface area contributed by atoms with Crippen LogP contribution in [0.25, 0.3) is 4.98 Å². The molecule has 1 aromatic carbocycles. The second-order valence-corrected chi connectivity index (χ2v) is 4.18. The van der Waals surface area contributed by atoms with E-state index in [0.717, 1.165) is 12.1 Å². The molecule has 0 unspecified atom stereocenters. The molecule has 12 nitrogen and oxygen atoms in total. The monoisotopic (exact) mass is 328 g/mol. The number of nitrogens with zero attached hydrogens (tertiary/aromatic N) is 4. The minimum atomic E-state index is -4.67. The Morgan fingerprint density at radius 2 is 1.75 bits per heavy atom. The number of benzene rings is 1. The van der Waals surface area contributed by atoms with Crippen LogP contribution in [-0.4, -0.2) is 32.6 Å². The van der Waals surface area contributed by atoms with Crippen LogP contribution in [0.2, 0.25) is 5.02 Å². The first-order chi connectivity index (χ1) is 8.97. The minimum Gasteiger partial charge on any atom is -0.264 e. The topological polar surface area (TPSA) is 186 Å². The van der Waals surface area contributed by atoms with Crippen molar-refractivity contribution in [1.82, 2.24) is 0 Å². The van der Waals surface area contributed by atoms with Crippen LogP contribution in [-0.2, 0) is 10.4 Å². The van der Waals surface area contributed by atoms with Gasteiger partial charge in [-0.3, -0.25) is 19.2 Å². The van der Waals surface area contributed by atoms with Crippen molar-refractivity contribution >= 4 is 39.1 Å². The zero-order chi connectivity index (χ0) is 16.1. The number of halogens is 1. The van der Waals surface area contributed by atoms with Crippen LogP contribution in [0.4, 0.5) is 17.1 Å². The van der Waals surface area contributed by atoms with Gasteiger partial charge in [-0.05, 0) is 0 Å². The highest BCUT2D eigenvalue weighted by Crippen LogP contribution is 2.38. The summed E-state index contributed by atoms with van der Waals surface area (Å²) in [6, 6.07) is 1.66. The molecule has 1 aromatic rings. The average Bonchev–Trinajstić information content (AvgIpc) is 2.25. The van der Waals surface area contributed by atoms with E-state index in [1.165, 1.54) is 0 Å². The molecular formula is C6H5ClN4O8S+2. The lowest BCUT2D eigenvalue weighted by Gasteiger charge is -1.88. The number of hydrogen-bond donors (Lipinski definition) is 3. The van der Waals surface area contributed by atoms with E-state index in [1.807, 2.05) is 0 Å². The highest BCUT2D eigenvalue weighted by molar-refractivity contribution is 7.79. The Morgan fingerprint density at radius 1 is 1.30 bits per heavy atom. The van der Waals surface area contributed by atoms with Gasteiger partial charge < -0.3 is 0 Å². The first-order valence-corrected chi connectivity index (χ1v) is 5.94.